The molecule has 0 saturated carbocycles. The molecule has 1 heterocycles. The zero-order valence-electron chi connectivity index (χ0n) is 18.5. The van der Waals surface area contributed by atoms with Gasteiger partial charge in [-0.2, -0.15) is 0 Å². The van der Waals surface area contributed by atoms with E-state index in [9.17, 15) is 9.59 Å². The van der Waals surface area contributed by atoms with Crippen LogP contribution in [0.1, 0.15) is 23.6 Å². The molecule has 3 aromatic rings. The highest BCUT2D eigenvalue weighted by atomic mass is 16.5. The Kier molecular flexibility index (Phi) is 6.08. The number of carbonyl (C=O) groups excluding carboxylic acids is 2. The Balaban J connectivity index is 1.75. The lowest BCUT2D eigenvalue weighted by molar-refractivity contribution is -0.120. The molecule has 0 bridgehead atoms. The molecular formula is C27H26N2O3. The quantitative estimate of drug-likeness (QED) is 0.509. The van der Waals surface area contributed by atoms with E-state index in [2.05, 4.69) is 0 Å². The van der Waals surface area contributed by atoms with Crippen LogP contribution in [-0.2, 0) is 16.1 Å². The first-order valence-corrected chi connectivity index (χ1v) is 10.7. The van der Waals surface area contributed by atoms with E-state index in [4.69, 9.17) is 4.74 Å². The first-order chi connectivity index (χ1) is 15.5. The van der Waals surface area contributed by atoms with Gasteiger partial charge in [0.25, 0.3) is 11.8 Å². The fourth-order valence-electron chi connectivity index (χ4n) is 3.88. The van der Waals surface area contributed by atoms with Crippen LogP contribution in [0.15, 0.2) is 84.6 Å². The number of hydrogen-bond donors (Lipinski definition) is 0. The number of aryl methyl sites for hydroxylation is 1. The van der Waals surface area contributed by atoms with Crippen molar-refractivity contribution in [3.05, 3.63) is 101 Å². The molecule has 0 fully saturated rings. The van der Waals surface area contributed by atoms with Crippen molar-refractivity contribution in [2.24, 2.45) is 0 Å². The fourth-order valence-corrected chi connectivity index (χ4v) is 3.88. The smallest absolute Gasteiger partial charge is 0.282 e. The molecule has 1 aliphatic heterocycles. The average molecular weight is 427 g/mol. The van der Waals surface area contributed by atoms with Crippen LogP contribution in [0.3, 0.4) is 0 Å². The van der Waals surface area contributed by atoms with Gasteiger partial charge in [0.1, 0.15) is 11.4 Å². The Labute approximate surface area is 188 Å². The SMILES string of the molecule is CCOc1ccc(N2C(=O)C(c3ccc(C)cc3)=C(N(C)Cc3ccccc3)C2=O)cc1. The topological polar surface area (TPSA) is 49.9 Å². The summed E-state index contributed by atoms with van der Waals surface area (Å²) >= 11 is 0. The van der Waals surface area contributed by atoms with E-state index in [-0.39, 0.29) is 11.8 Å². The lowest BCUT2D eigenvalue weighted by Gasteiger charge is -2.21. The number of carbonyl (C=O) groups is 2. The predicted octanol–water partition coefficient (Wildman–Crippen LogP) is 4.81. The zero-order chi connectivity index (χ0) is 22.7. The second kappa shape index (κ2) is 9.10. The van der Waals surface area contributed by atoms with E-state index in [1.165, 1.54) is 4.90 Å². The van der Waals surface area contributed by atoms with Crippen LogP contribution in [0.25, 0.3) is 5.57 Å². The molecule has 0 N–H and O–H groups in total. The van der Waals surface area contributed by atoms with Crippen LogP contribution in [0.4, 0.5) is 5.69 Å². The van der Waals surface area contributed by atoms with Gasteiger partial charge in [0.05, 0.1) is 17.9 Å². The van der Waals surface area contributed by atoms with Gasteiger partial charge in [-0.1, -0.05) is 60.2 Å². The number of hydrogen-bond acceptors (Lipinski definition) is 4. The number of rotatable bonds is 7. The van der Waals surface area contributed by atoms with Crippen molar-refractivity contribution in [1.29, 1.82) is 0 Å². The highest BCUT2D eigenvalue weighted by Gasteiger charge is 2.41. The van der Waals surface area contributed by atoms with Crippen molar-refractivity contribution in [2.75, 3.05) is 18.6 Å². The van der Waals surface area contributed by atoms with Crippen molar-refractivity contribution in [2.45, 2.75) is 20.4 Å². The third-order valence-corrected chi connectivity index (χ3v) is 5.45. The van der Waals surface area contributed by atoms with E-state index in [1.807, 2.05) is 80.4 Å². The molecule has 1 aliphatic rings. The molecule has 162 valence electrons. The van der Waals surface area contributed by atoms with Crippen LogP contribution in [0.5, 0.6) is 5.75 Å². The maximum atomic E-state index is 13.6. The highest BCUT2D eigenvalue weighted by Crippen LogP contribution is 2.35. The second-order valence-electron chi connectivity index (χ2n) is 7.80. The molecular weight excluding hydrogens is 400 g/mol. The molecule has 32 heavy (non-hydrogen) atoms. The minimum Gasteiger partial charge on any atom is -0.494 e. The number of nitrogens with zero attached hydrogens (tertiary/aromatic N) is 2. The number of likely N-dealkylation sites (N-methyl/N-ethyl adjacent to an activating group) is 1. The second-order valence-corrected chi connectivity index (χ2v) is 7.80. The molecule has 0 atom stereocenters. The Morgan fingerprint density at radius 1 is 0.844 bits per heavy atom. The predicted molar refractivity (Wildman–Crippen MR) is 126 cm³/mol. The standard InChI is InChI=1S/C27H26N2O3/c1-4-32-23-16-14-22(15-17-23)29-26(30)24(21-12-10-19(2)11-13-21)25(27(29)31)28(3)18-20-8-6-5-7-9-20/h5-17H,4,18H2,1-3H3. The largest absolute Gasteiger partial charge is 0.494 e. The zero-order valence-corrected chi connectivity index (χ0v) is 18.5. The Morgan fingerprint density at radius 2 is 1.50 bits per heavy atom. The van der Waals surface area contributed by atoms with Crippen LogP contribution < -0.4 is 9.64 Å². The minimum atomic E-state index is -0.326. The summed E-state index contributed by atoms with van der Waals surface area (Å²) in [5, 5.41) is 0. The lowest BCUT2D eigenvalue weighted by Crippen LogP contribution is -2.34. The molecule has 4 rings (SSSR count). The summed E-state index contributed by atoms with van der Waals surface area (Å²) in [5.41, 5.74) is 4.23. The summed E-state index contributed by atoms with van der Waals surface area (Å²) in [7, 11) is 1.85. The maximum Gasteiger partial charge on any atom is 0.282 e. The third-order valence-electron chi connectivity index (χ3n) is 5.45. The molecule has 0 saturated heterocycles. The number of imide groups is 1. The third kappa shape index (κ3) is 4.14. The summed E-state index contributed by atoms with van der Waals surface area (Å²) in [5.74, 6) is 0.0505. The van der Waals surface area contributed by atoms with Gasteiger partial charge >= 0.3 is 0 Å². The van der Waals surface area contributed by atoms with Crippen molar-refractivity contribution in [3.8, 4) is 5.75 Å². The Hall–Kier alpha value is -3.86. The van der Waals surface area contributed by atoms with Crippen LogP contribution >= 0.6 is 0 Å². The number of amides is 2. The molecule has 0 spiro atoms. The van der Waals surface area contributed by atoms with E-state index < -0.39 is 0 Å². The van der Waals surface area contributed by atoms with E-state index in [0.29, 0.717) is 35.9 Å². The van der Waals surface area contributed by atoms with Crippen molar-refractivity contribution < 1.29 is 14.3 Å². The lowest BCUT2D eigenvalue weighted by atomic mass is 10.0. The first-order valence-electron chi connectivity index (χ1n) is 10.7. The normalized spacial score (nSPS) is 13.7. The van der Waals surface area contributed by atoms with E-state index in [0.717, 1.165) is 16.7 Å². The van der Waals surface area contributed by atoms with Crippen molar-refractivity contribution in [3.63, 3.8) is 0 Å². The average Bonchev–Trinajstić information content (AvgIpc) is 3.06. The molecule has 0 aromatic heterocycles. The molecule has 3 aromatic carbocycles. The summed E-state index contributed by atoms with van der Waals surface area (Å²) in [6.07, 6.45) is 0. The summed E-state index contributed by atoms with van der Waals surface area (Å²) < 4.78 is 5.50. The number of benzene rings is 3. The van der Waals surface area contributed by atoms with Crippen LogP contribution in [0.2, 0.25) is 0 Å². The monoisotopic (exact) mass is 426 g/mol. The van der Waals surface area contributed by atoms with Gasteiger partial charge in [-0.25, -0.2) is 4.90 Å². The van der Waals surface area contributed by atoms with Gasteiger partial charge in [0.15, 0.2) is 0 Å². The van der Waals surface area contributed by atoms with Gasteiger partial charge in [-0.15, -0.1) is 0 Å². The van der Waals surface area contributed by atoms with E-state index >= 15 is 0 Å². The molecule has 5 heteroatoms. The molecule has 0 radical (unpaired) electrons. The van der Waals surface area contributed by atoms with Gasteiger partial charge < -0.3 is 9.64 Å². The minimum absolute atomic E-state index is 0.321. The molecule has 0 unspecified atom stereocenters. The van der Waals surface area contributed by atoms with Gasteiger partial charge in [-0.05, 0) is 49.2 Å². The number of ether oxygens (including phenoxy) is 1. The van der Waals surface area contributed by atoms with Gasteiger partial charge in [-0.3, -0.25) is 9.59 Å². The fraction of sp³-hybridized carbons (Fsp3) is 0.185. The maximum absolute atomic E-state index is 13.6. The molecule has 0 aliphatic carbocycles. The summed E-state index contributed by atoms with van der Waals surface area (Å²) in [4.78, 5) is 30.3. The van der Waals surface area contributed by atoms with Gasteiger partial charge in [0, 0.05) is 13.6 Å². The van der Waals surface area contributed by atoms with E-state index in [1.54, 1.807) is 24.3 Å². The van der Waals surface area contributed by atoms with Crippen LogP contribution in [0, 0.1) is 6.92 Å². The Bertz CT molecular complexity index is 1150. The molecule has 2 amide bonds. The highest BCUT2D eigenvalue weighted by molar-refractivity contribution is 6.45. The van der Waals surface area contributed by atoms with Crippen molar-refractivity contribution in [1.82, 2.24) is 4.90 Å². The van der Waals surface area contributed by atoms with Crippen molar-refractivity contribution >= 4 is 23.1 Å². The summed E-state index contributed by atoms with van der Waals surface area (Å²) in [6.45, 7) is 4.97. The Morgan fingerprint density at radius 3 is 2.12 bits per heavy atom. The van der Waals surface area contributed by atoms with Gasteiger partial charge in [0.2, 0.25) is 0 Å². The molecule has 5 nitrogen and oxygen atoms in total. The first kappa shape index (κ1) is 21.4. The van der Waals surface area contributed by atoms with Crippen LogP contribution in [-0.4, -0.2) is 30.4 Å². The summed E-state index contributed by atoms with van der Waals surface area (Å²) in [6, 6.07) is 24.6. The number of anilines is 1.